The lowest BCUT2D eigenvalue weighted by Gasteiger charge is -2.34. The molecule has 2 fully saturated rings. The predicted molar refractivity (Wildman–Crippen MR) is 115 cm³/mol. The van der Waals surface area contributed by atoms with Crippen molar-refractivity contribution in [1.29, 1.82) is 0 Å². The molecular formula is C20H38N5O2S+. The minimum atomic E-state index is -0.205. The van der Waals surface area contributed by atoms with Gasteiger partial charge in [0.25, 0.3) is 5.91 Å². The summed E-state index contributed by atoms with van der Waals surface area (Å²) in [4.78, 5) is 29.7. The zero-order chi connectivity index (χ0) is 20.7. The number of rotatable bonds is 5. The number of thiocarbonyl (C=S) groups is 1. The summed E-state index contributed by atoms with van der Waals surface area (Å²) in [5, 5.41) is 7.09. The number of amides is 2. The highest BCUT2D eigenvalue weighted by atomic mass is 32.1. The van der Waals surface area contributed by atoms with Crippen molar-refractivity contribution in [2.45, 2.75) is 64.5 Å². The Balaban J connectivity index is 1.69. The van der Waals surface area contributed by atoms with E-state index < -0.39 is 0 Å². The van der Waals surface area contributed by atoms with Crippen LogP contribution in [0.2, 0.25) is 0 Å². The van der Waals surface area contributed by atoms with Crippen LogP contribution in [-0.4, -0.2) is 84.6 Å². The summed E-state index contributed by atoms with van der Waals surface area (Å²) in [6.07, 6.45) is 6.14. The molecule has 2 rings (SSSR count). The van der Waals surface area contributed by atoms with Crippen LogP contribution >= 0.6 is 12.2 Å². The molecule has 0 aromatic carbocycles. The molecule has 0 spiro atoms. The summed E-state index contributed by atoms with van der Waals surface area (Å²) in [6.45, 7) is 9.71. The van der Waals surface area contributed by atoms with E-state index in [0.717, 1.165) is 25.9 Å². The first kappa shape index (κ1) is 22.9. The molecule has 8 heteroatoms. The SMILES string of the molecule is CN(CC(=O)N1CC[NH+](CC(=O)NC(C)(C)C)CC1)C(=S)NC1CCCCC1. The molecule has 0 atom stereocenters. The molecule has 1 heterocycles. The monoisotopic (exact) mass is 412 g/mol. The molecule has 3 N–H and O–H groups in total. The molecule has 0 radical (unpaired) electrons. The van der Waals surface area contributed by atoms with E-state index in [1.54, 1.807) is 0 Å². The van der Waals surface area contributed by atoms with Crippen molar-refractivity contribution >= 4 is 29.1 Å². The van der Waals surface area contributed by atoms with Gasteiger partial charge in [-0.05, 0) is 45.8 Å². The highest BCUT2D eigenvalue weighted by Gasteiger charge is 2.27. The number of carbonyl (C=O) groups excluding carboxylic acids is 2. The van der Waals surface area contributed by atoms with Crippen molar-refractivity contribution in [3.63, 3.8) is 0 Å². The Morgan fingerprint density at radius 3 is 2.32 bits per heavy atom. The van der Waals surface area contributed by atoms with Crippen LogP contribution in [0.1, 0.15) is 52.9 Å². The van der Waals surface area contributed by atoms with E-state index in [2.05, 4.69) is 10.6 Å². The summed E-state index contributed by atoms with van der Waals surface area (Å²) >= 11 is 5.48. The summed E-state index contributed by atoms with van der Waals surface area (Å²) in [5.74, 6) is 0.176. The van der Waals surface area contributed by atoms with Crippen LogP contribution in [0.15, 0.2) is 0 Å². The number of nitrogens with zero attached hydrogens (tertiary/aromatic N) is 2. The van der Waals surface area contributed by atoms with Gasteiger partial charge in [0, 0.05) is 18.6 Å². The van der Waals surface area contributed by atoms with Crippen molar-refractivity contribution in [1.82, 2.24) is 20.4 Å². The highest BCUT2D eigenvalue weighted by Crippen LogP contribution is 2.17. The average molecular weight is 413 g/mol. The first-order valence-electron chi connectivity index (χ1n) is 10.6. The number of nitrogens with one attached hydrogen (secondary N) is 3. The molecule has 1 saturated carbocycles. The number of piperazine rings is 1. The molecule has 28 heavy (non-hydrogen) atoms. The van der Waals surface area contributed by atoms with E-state index in [-0.39, 0.29) is 17.4 Å². The maximum Gasteiger partial charge on any atom is 0.275 e. The molecular weight excluding hydrogens is 374 g/mol. The second-order valence-corrected chi connectivity index (χ2v) is 9.63. The van der Waals surface area contributed by atoms with Crippen molar-refractivity contribution < 1.29 is 14.5 Å². The third-order valence-electron chi connectivity index (χ3n) is 5.40. The van der Waals surface area contributed by atoms with Gasteiger partial charge in [0.1, 0.15) is 0 Å². The van der Waals surface area contributed by atoms with Crippen LogP contribution in [0, 0.1) is 0 Å². The maximum atomic E-state index is 12.6. The van der Waals surface area contributed by atoms with Crippen LogP contribution in [0.3, 0.4) is 0 Å². The number of likely N-dealkylation sites (N-methyl/N-ethyl adjacent to an activating group) is 1. The van der Waals surface area contributed by atoms with Gasteiger partial charge < -0.3 is 25.3 Å². The molecule has 1 saturated heterocycles. The van der Waals surface area contributed by atoms with Crippen LogP contribution in [0.4, 0.5) is 0 Å². The molecule has 160 valence electrons. The van der Waals surface area contributed by atoms with Crippen molar-refractivity contribution in [2.75, 3.05) is 46.3 Å². The number of quaternary nitrogens is 1. The van der Waals surface area contributed by atoms with Gasteiger partial charge in [-0.3, -0.25) is 9.59 Å². The van der Waals surface area contributed by atoms with Crippen molar-refractivity contribution in [3.05, 3.63) is 0 Å². The van der Waals surface area contributed by atoms with Crippen molar-refractivity contribution in [2.24, 2.45) is 0 Å². The second-order valence-electron chi connectivity index (χ2n) is 9.25. The predicted octanol–water partition coefficient (Wildman–Crippen LogP) is -0.233. The van der Waals surface area contributed by atoms with Gasteiger partial charge in [-0.25, -0.2) is 0 Å². The Hall–Kier alpha value is -1.41. The van der Waals surface area contributed by atoms with Gasteiger partial charge in [-0.2, -0.15) is 0 Å². The quantitative estimate of drug-likeness (QED) is 0.544. The fourth-order valence-corrected chi connectivity index (χ4v) is 4.08. The summed E-state index contributed by atoms with van der Waals surface area (Å²) in [6, 6.07) is 0.449. The van der Waals surface area contributed by atoms with Gasteiger partial charge in [0.15, 0.2) is 11.7 Å². The van der Waals surface area contributed by atoms with E-state index in [0.29, 0.717) is 37.3 Å². The van der Waals surface area contributed by atoms with Gasteiger partial charge in [0.2, 0.25) is 5.91 Å². The Kier molecular flexibility index (Phi) is 8.49. The molecule has 0 bridgehead atoms. The number of hydrogen-bond acceptors (Lipinski definition) is 3. The average Bonchev–Trinajstić information content (AvgIpc) is 2.61. The van der Waals surface area contributed by atoms with Crippen molar-refractivity contribution in [3.8, 4) is 0 Å². The minimum absolute atomic E-state index is 0.0705. The zero-order valence-electron chi connectivity index (χ0n) is 18.0. The third-order valence-corrected chi connectivity index (χ3v) is 5.83. The topological polar surface area (TPSA) is 69.1 Å². The van der Waals surface area contributed by atoms with E-state index >= 15 is 0 Å². The first-order chi connectivity index (χ1) is 13.1. The standard InChI is InChI=1S/C20H37N5O2S/c1-20(2,3)22-17(26)14-24-10-12-25(13-11-24)18(27)15-23(4)19(28)21-16-8-6-5-7-9-16/h16H,5-15H2,1-4H3,(H,21,28)(H,22,26)/p+1. The lowest BCUT2D eigenvalue weighted by molar-refractivity contribution is -0.896. The van der Waals surface area contributed by atoms with Crippen LogP contribution in [0.25, 0.3) is 0 Å². The van der Waals surface area contributed by atoms with Crippen LogP contribution in [-0.2, 0) is 9.59 Å². The molecule has 0 aromatic heterocycles. The van der Waals surface area contributed by atoms with Gasteiger partial charge in [-0.15, -0.1) is 0 Å². The van der Waals surface area contributed by atoms with E-state index in [1.807, 2.05) is 37.6 Å². The Labute approximate surface area is 175 Å². The van der Waals surface area contributed by atoms with Gasteiger partial charge >= 0.3 is 0 Å². The molecule has 1 aliphatic heterocycles. The van der Waals surface area contributed by atoms with Crippen LogP contribution < -0.4 is 15.5 Å². The lowest BCUT2D eigenvalue weighted by Crippen LogP contribution is -3.16. The first-order valence-corrected chi connectivity index (χ1v) is 11.0. The molecule has 0 aromatic rings. The summed E-state index contributed by atoms with van der Waals surface area (Å²) in [7, 11) is 1.88. The molecule has 0 unspecified atom stereocenters. The second kappa shape index (κ2) is 10.4. The minimum Gasteiger partial charge on any atom is -0.360 e. The largest absolute Gasteiger partial charge is 0.360 e. The zero-order valence-corrected chi connectivity index (χ0v) is 18.8. The Bertz CT molecular complexity index is 549. The fraction of sp³-hybridized carbons (Fsp3) is 0.850. The molecule has 2 amide bonds. The van der Waals surface area contributed by atoms with E-state index in [1.165, 1.54) is 24.2 Å². The molecule has 1 aliphatic carbocycles. The molecule has 7 nitrogen and oxygen atoms in total. The summed E-state index contributed by atoms with van der Waals surface area (Å²) in [5.41, 5.74) is -0.205. The van der Waals surface area contributed by atoms with Gasteiger partial charge in [0.05, 0.1) is 32.7 Å². The summed E-state index contributed by atoms with van der Waals surface area (Å²) < 4.78 is 0. The smallest absolute Gasteiger partial charge is 0.275 e. The maximum absolute atomic E-state index is 12.6. The van der Waals surface area contributed by atoms with Gasteiger partial charge in [-0.1, -0.05) is 19.3 Å². The fourth-order valence-electron chi connectivity index (χ4n) is 3.85. The van der Waals surface area contributed by atoms with Crippen LogP contribution in [0.5, 0.6) is 0 Å². The van der Waals surface area contributed by atoms with E-state index in [4.69, 9.17) is 12.2 Å². The molecule has 2 aliphatic rings. The van der Waals surface area contributed by atoms with E-state index in [9.17, 15) is 9.59 Å². The number of carbonyl (C=O) groups is 2. The Morgan fingerprint density at radius 1 is 1.14 bits per heavy atom. The Morgan fingerprint density at radius 2 is 1.75 bits per heavy atom. The number of hydrogen-bond donors (Lipinski definition) is 3. The highest BCUT2D eigenvalue weighted by molar-refractivity contribution is 7.80. The lowest BCUT2D eigenvalue weighted by atomic mass is 9.96. The normalized spacial score (nSPS) is 19.2. The third kappa shape index (κ3) is 7.91.